The summed E-state index contributed by atoms with van der Waals surface area (Å²) in [6.45, 7) is 1.92. The summed E-state index contributed by atoms with van der Waals surface area (Å²) in [6, 6.07) is 7.09. The summed E-state index contributed by atoms with van der Waals surface area (Å²) in [5, 5.41) is 8.60. The Morgan fingerprint density at radius 1 is 1.29 bits per heavy atom. The van der Waals surface area contributed by atoms with Crippen molar-refractivity contribution in [3.63, 3.8) is 0 Å². The number of nitrogens with one attached hydrogen (secondary N) is 2. The molecule has 0 radical (unpaired) electrons. The van der Waals surface area contributed by atoms with Gasteiger partial charge in [0.1, 0.15) is 11.6 Å². The summed E-state index contributed by atoms with van der Waals surface area (Å²) in [6.07, 6.45) is -0.821. The number of carbonyl (C=O) groups excluding carboxylic acids is 2. The smallest absolute Gasteiger partial charge is 0.283 e. The molecular formula is C14H14N4O4S2. The maximum Gasteiger partial charge on any atom is 0.283 e. The zero-order chi connectivity index (χ0) is 16.9. The lowest BCUT2D eigenvalue weighted by molar-refractivity contribution is -0.134. The summed E-state index contributed by atoms with van der Waals surface area (Å²) >= 11 is 2.66. The maximum atomic E-state index is 12.0. The third-order valence-electron chi connectivity index (χ3n) is 2.96. The number of fused-ring (bicyclic) bond motifs is 1. The molecule has 0 saturated carbocycles. The molecule has 0 fully saturated rings. The molecule has 1 aromatic heterocycles. The fourth-order valence-electron chi connectivity index (χ4n) is 1.86. The minimum absolute atomic E-state index is 0.0809. The molecule has 2 amide bonds. The first-order chi connectivity index (χ1) is 11.6. The van der Waals surface area contributed by atoms with Crippen molar-refractivity contribution in [2.24, 2.45) is 0 Å². The van der Waals surface area contributed by atoms with Crippen LogP contribution < -0.4 is 20.3 Å². The Balaban J connectivity index is 1.43. The number of aryl methyl sites for hydroxylation is 1. The monoisotopic (exact) mass is 366 g/mol. The van der Waals surface area contributed by atoms with Crippen molar-refractivity contribution in [1.82, 2.24) is 21.0 Å². The Labute approximate surface area is 145 Å². The van der Waals surface area contributed by atoms with Gasteiger partial charge in [-0.15, -0.1) is 10.2 Å². The standard InChI is InChI=1S/C14H14N4O4S2/c1-8-15-18-14(24-8)23-7-12(19)16-17-13(20)11-6-21-9-4-2-3-5-10(9)22-11/h2-5,11H,6-7H2,1H3,(H,16,19)(H,17,20)/t11-/m1/s1. The second kappa shape index (κ2) is 7.49. The van der Waals surface area contributed by atoms with Crippen LogP contribution >= 0.6 is 23.1 Å². The van der Waals surface area contributed by atoms with Crippen LogP contribution in [0.5, 0.6) is 11.5 Å². The van der Waals surface area contributed by atoms with Crippen LogP contribution in [0.1, 0.15) is 5.01 Å². The summed E-state index contributed by atoms with van der Waals surface area (Å²) < 4.78 is 11.7. The van der Waals surface area contributed by atoms with Crippen LogP contribution in [0.15, 0.2) is 28.6 Å². The minimum Gasteiger partial charge on any atom is -0.485 e. The number of benzene rings is 1. The zero-order valence-electron chi connectivity index (χ0n) is 12.6. The van der Waals surface area contributed by atoms with E-state index in [4.69, 9.17) is 9.47 Å². The molecule has 0 unspecified atom stereocenters. The molecule has 2 aromatic rings. The van der Waals surface area contributed by atoms with E-state index >= 15 is 0 Å². The number of hydrogen-bond donors (Lipinski definition) is 2. The van der Waals surface area contributed by atoms with Crippen LogP contribution in [-0.2, 0) is 9.59 Å². The lowest BCUT2D eigenvalue weighted by atomic mass is 10.2. The van der Waals surface area contributed by atoms with Crippen LogP contribution in [0.25, 0.3) is 0 Å². The Bertz CT molecular complexity index is 752. The van der Waals surface area contributed by atoms with E-state index in [9.17, 15) is 9.59 Å². The van der Waals surface area contributed by atoms with E-state index in [0.29, 0.717) is 15.8 Å². The lowest BCUT2D eigenvalue weighted by Gasteiger charge is -2.25. The highest BCUT2D eigenvalue weighted by Gasteiger charge is 2.27. The van der Waals surface area contributed by atoms with Crippen LogP contribution in [0.2, 0.25) is 0 Å². The summed E-state index contributed by atoms with van der Waals surface area (Å²) in [4.78, 5) is 23.8. The third-order valence-corrected chi connectivity index (χ3v) is 4.93. The quantitative estimate of drug-likeness (QED) is 0.613. The van der Waals surface area contributed by atoms with Crippen molar-refractivity contribution in [2.45, 2.75) is 17.4 Å². The molecule has 2 N–H and O–H groups in total. The molecular weight excluding hydrogens is 352 g/mol. The zero-order valence-corrected chi connectivity index (χ0v) is 14.3. The number of aromatic nitrogens is 2. The molecule has 0 spiro atoms. The predicted octanol–water partition coefficient (Wildman–Crippen LogP) is 0.926. The van der Waals surface area contributed by atoms with Crippen molar-refractivity contribution in [1.29, 1.82) is 0 Å². The molecule has 0 saturated heterocycles. The average Bonchev–Trinajstić information content (AvgIpc) is 3.02. The molecule has 1 aromatic carbocycles. The number of amides is 2. The molecule has 0 aliphatic carbocycles. The Morgan fingerprint density at radius 3 is 2.83 bits per heavy atom. The second-order valence-electron chi connectivity index (χ2n) is 4.78. The molecule has 1 atom stereocenters. The molecule has 2 heterocycles. The predicted molar refractivity (Wildman–Crippen MR) is 88.0 cm³/mol. The van der Waals surface area contributed by atoms with Gasteiger partial charge in [-0.2, -0.15) is 0 Å². The van der Waals surface area contributed by atoms with Crippen molar-refractivity contribution in [2.75, 3.05) is 12.4 Å². The van der Waals surface area contributed by atoms with Crippen molar-refractivity contribution in [3.05, 3.63) is 29.3 Å². The molecule has 1 aliphatic rings. The van der Waals surface area contributed by atoms with E-state index in [0.717, 1.165) is 5.01 Å². The largest absolute Gasteiger partial charge is 0.485 e. The number of para-hydroxylation sites is 2. The van der Waals surface area contributed by atoms with Crippen LogP contribution in [0.4, 0.5) is 0 Å². The average molecular weight is 366 g/mol. The molecule has 3 rings (SSSR count). The van der Waals surface area contributed by atoms with Crippen LogP contribution in [0.3, 0.4) is 0 Å². The normalized spacial score (nSPS) is 15.6. The van der Waals surface area contributed by atoms with Crippen molar-refractivity contribution >= 4 is 34.9 Å². The van der Waals surface area contributed by atoms with Gasteiger partial charge in [-0.25, -0.2) is 0 Å². The second-order valence-corrected chi connectivity index (χ2v) is 7.18. The van der Waals surface area contributed by atoms with Gasteiger partial charge in [0, 0.05) is 0 Å². The topological polar surface area (TPSA) is 102 Å². The van der Waals surface area contributed by atoms with E-state index in [1.54, 1.807) is 18.2 Å². The van der Waals surface area contributed by atoms with E-state index in [1.807, 2.05) is 13.0 Å². The summed E-state index contributed by atoms with van der Waals surface area (Å²) in [5.74, 6) is 0.388. The van der Waals surface area contributed by atoms with Gasteiger partial charge >= 0.3 is 0 Å². The number of ether oxygens (including phenoxy) is 2. The lowest BCUT2D eigenvalue weighted by Crippen LogP contribution is -2.51. The van der Waals surface area contributed by atoms with Gasteiger partial charge in [-0.3, -0.25) is 20.4 Å². The fraction of sp³-hybridized carbons (Fsp3) is 0.286. The SMILES string of the molecule is Cc1nnc(SCC(=O)NNC(=O)[C@H]2COc3ccccc3O2)s1. The Kier molecular flexibility index (Phi) is 5.16. The van der Waals surface area contributed by atoms with E-state index in [-0.39, 0.29) is 18.3 Å². The highest BCUT2D eigenvalue weighted by molar-refractivity contribution is 8.01. The van der Waals surface area contributed by atoms with Gasteiger partial charge in [0.2, 0.25) is 12.0 Å². The van der Waals surface area contributed by atoms with Crippen molar-refractivity contribution < 1.29 is 19.1 Å². The Morgan fingerprint density at radius 2 is 2.08 bits per heavy atom. The number of hydrazine groups is 1. The first kappa shape index (κ1) is 16.5. The van der Waals surface area contributed by atoms with Crippen LogP contribution in [0, 0.1) is 6.92 Å². The molecule has 24 heavy (non-hydrogen) atoms. The summed E-state index contributed by atoms with van der Waals surface area (Å²) in [7, 11) is 0. The third kappa shape index (κ3) is 4.15. The summed E-state index contributed by atoms with van der Waals surface area (Å²) in [5.41, 5.74) is 4.68. The minimum atomic E-state index is -0.821. The first-order valence-corrected chi connectivity index (χ1v) is 8.82. The Hall–Kier alpha value is -2.33. The molecule has 126 valence electrons. The van der Waals surface area contributed by atoms with Crippen molar-refractivity contribution in [3.8, 4) is 11.5 Å². The number of nitrogens with zero attached hydrogens (tertiary/aromatic N) is 2. The van der Waals surface area contributed by atoms with Gasteiger partial charge in [0.25, 0.3) is 5.91 Å². The van der Waals surface area contributed by atoms with Gasteiger partial charge in [-0.1, -0.05) is 35.2 Å². The fourth-order valence-corrected chi connectivity index (χ4v) is 3.48. The van der Waals surface area contributed by atoms with Gasteiger partial charge in [0.15, 0.2) is 15.8 Å². The number of rotatable bonds is 4. The number of carbonyl (C=O) groups is 2. The number of hydrogen-bond acceptors (Lipinski definition) is 8. The maximum absolute atomic E-state index is 12.0. The number of thioether (sulfide) groups is 1. The molecule has 0 bridgehead atoms. The van der Waals surface area contributed by atoms with E-state index in [2.05, 4.69) is 21.0 Å². The van der Waals surface area contributed by atoms with E-state index in [1.165, 1.54) is 23.1 Å². The van der Waals surface area contributed by atoms with Gasteiger partial charge < -0.3 is 9.47 Å². The molecule has 1 aliphatic heterocycles. The highest BCUT2D eigenvalue weighted by atomic mass is 32.2. The van der Waals surface area contributed by atoms with Gasteiger partial charge in [-0.05, 0) is 19.1 Å². The molecule has 8 nitrogen and oxygen atoms in total. The van der Waals surface area contributed by atoms with Gasteiger partial charge in [0.05, 0.1) is 5.75 Å². The van der Waals surface area contributed by atoms with E-state index < -0.39 is 12.0 Å². The van der Waals surface area contributed by atoms with Crippen LogP contribution in [-0.4, -0.2) is 40.5 Å². The molecule has 10 heteroatoms. The highest BCUT2D eigenvalue weighted by Crippen LogP contribution is 2.30. The first-order valence-electron chi connectivity index (χ1n) is 7.02.